The van der Waals surface area contributed by atoms with Gasteiger partial charge in [0.05, 0.1) is 18.0 Å². The van der Waals surface area contributed by atoms with Crippen LogP contribution in [0.25, 0.3) is 22.4 Å². The summed E-state index contributed by atoms with van der Waals surface area (Å²) < 4.78 is 11.1. The summed E-state index contributed by atoms with van der Waals surface area (Å²) in [5, 5.41) is 13.3. The fraction of sp³-hybridized carbons (Fsp3) is 0.235. The predicted molar refractivity (Wildman–Crippen MR) is 88.7 cm³/mol. The number of carboxylic acid groups (broad SMARTS) is 1. The van der Waals surface area contributed by atoms with Crippen LogP contribution in [-0.2, 0) is 6.42 Å². The van der Waals surface area contributed by atoms with E-state index < -0.39 is 5.97 Å². The van der Waals surface area contributed by atoms with Gasteiger partial charge in [-0.15, -0.1) is 11.3 Å². The van der Waals surface area contributed by atoms with Crippen LogP contribution in [0, 0.1) is 13.8 Å². The van der Waals surface area contributed by atoms with Gasteiger partial charge < -0.3 is 14.4 Å². The molecule has 1 aliphatic heterocycles. The minimum atomic E-state index is -0.997. The summed E-state index contributed by atoms with van der Waals surface area (Å²) in [6.45, 7) is 4.27. The summed E-state index contributed by atoms with van der Waals surface area (Å²) in [5.41, 5.74) is 4.26. The van der Waals surface area contributed by atoms with E-state index in [0.29, 0.717) is 24.5 Å². The lowest BCUT2D eigenvalue weighted by Gasteiger charge is -2.09. The number of fused-ring (bicyclic) bond motifs is 3. The molecular formula is C17H14N2O4S. The summed E-state index contributed by atoms with van der Waals surface area (Å²) in [4.78, 5) is 16.4. The molecule has 0 radical (unpaired) electrons. The van der Waals surface area contributed by atoms with Gasteiger partial charge >= 0.3 is 5.97 Å². The van der Waals surface area contributed by atoms with Gasteiger partial charge in [-0.2, -0.15) is 0 Å². The van der Waals surface area contributed by atoms with E-state index >= 15 is 0 Å². The lowest BCUT2D eigenvalue weighted by atomic mass is 10.0. The van der Waals surface area contributed by atoms with Gasteiger partial charge in [-0.1, -0.05) is 11.2 Å². The molecule has 0 saturated heterocycles. The third kappa shape index (κ3) is 2.28. The van der Waals surface area contributed by atoms with Crippen LogP contribution in [-0.4, -0.2) is 27.8 Å². The summed E-state index contributed by atoms with van der Waals surface area (Å²) in [7, 11) is 0. The van der Waals surface area contributed by atoms with Crippen molar-refractivity contribution in [1.82, 2.24) is 10.1 Å². The largest absolute Gasteiger partial charge is 0.492 e. The van der Waals surface area contributed by atoms with E-state index in [0.717, 1.165) is 33.0 Å². The molecule has 3 heterocycles. The first kappa shape index (κ1) is 14.9. The van der Waals surface area contributed by atoms with Crippen molar-refractivity contribution >= 4 is 17.3 Å². The average Bonchev–Trinajstić information content (AvgIpc) is 3.07. The molecule has 0 atom stereocenters. The van der Waals surface area contributed by atoms with Crippen LogP contribution >= 0.6 is 11.3 Å². The predicted octanol–water partition coefficient (Wildman–Crippen LogP) is 3.72. The van der Waals surface area contributed by atoms with Crippen LogP contribution in [0.1, 0.15) is 26.1 Å². The number of nitrogens with zero attached hydrogens (tertiary/aromatic N) is 2. The summed E-state index contributed by atoms with van der Waals surface area (Å²) in [5.74, 6) is 0.458. The molecular weight excluding hydrogens is 328 g/mol. The molecule has 122 valence electrons. The van der Waals surface area contributed by atoms with Crippen molar-refractivity contribution in [3.63, 3.8) is 0 Å². The van der Waals surface area contributed by atoms with Gasteiger partial charge in [0.15, 0.2) is 0 Å². The van der Waals surface area contributed by atoms with Gasteiger partial charge in [0.25, 0.3) is 0 Å². The van der Waals surface area contributed by atoms with Crippen LogP contribution in [0.5, 0.6) is 5.75 Å². The second-order valence-electron chi connectivity index (χ2n) is 5.60. The van der Waals surface area contributed by atoms with Crippen molar-refractivity contribution < 1.29 is 19.2 Å². The fourth-order valence-corrected chi connectivity index (χ4v) is 3.86. The molecule has 24 heavy (non-hydrogen) atoms. The molecule has 0 saturated carbocycles. The molecule has 1 aromatic carbocycles. The summed E-state index contributed by atoms with van der Waals surface area (Å²) in [6.07, 6.45) is 0.648. The quantitative estimate of drug-likeness (QED) is 0.764. The second-order valence-corrected chi connectivity index (χ2v) is 6.69. The van der Waals surface area contributed by atoms with Crippen molar-refractivity contribution in [2.24, 2.45) is 0 Å². The molecule has 2 aromatic heterocycles. The monoisotopic (exact) mass is 342 g/mol. The molecule has 0 aliphatic carbocycles. The van der Waals surface area contributed by atoms with Crippen molar-refractivity contribution in [3.8, 4) is 28.1 Å². The lowest BCUT2D eigenvalue weighted by Crippen LogP contribution is -1.98. The SMILES string of the molecule is Cc1noc(C)c1-c1ccc2c(c1)OCCc1sc(C(=O)O)nc1-2. The number of ether oxygens (including phenoxy) is 1. The number of carboxylic acids is 1. The summed E-state index contributed by atoms with van der Waals surface area (Å²) >= 11 is 1.21. The zero-order chi connectivity index (χ0) is 16.8. The zero-order valence-electron chi connectivity index (χ0n) is 13.1. The first-order chi connectivity index (χ1) is 11.5. The van der Waals surface area contributed by atoms with E-state index in [2.05, 4.69) is 10.1 Å². The number of aromatic nitrogens is 2. The number of aryl methyl sites for hydroxylation is 2. The smallest absolute Gasteiger partial charge is 0.365 e. The number of hydrogen-bond acceptors (Lipinski definition) is 6. The number of benzene rings is 1. The Morgan fingerprint density at radius 3 is 2.88 bits per heavy atom. The zero-order valence-corrected chi connectivity index (χ0v) is 13.9. The molecule has 1 N–H and O–H groups in total. The van der Waals surface area contributed by atoms with Crippen molar-refractivity contribution in [2.45, 2.75) is 20.3 Å². The Balaban J connectivity index is 1.86. The topological polar surface area (TPSA) is 85.5 Å². The Bertz CT molecular complexity index is 938. The minimum absolute atomic E-state index is 0.114. The molecule has 0 spiro atoms. The highest BCUT2D eigenvalue weighted by atomic mass is 32.1. The third-order valence-corrected chi connectivity index (χ3v) is 5.13. The van der Waals surface area contributed by atoms with E-state index in [1.807, 2.05) is 32.0 Å². The van der Waals surface area contributed by atoms with Crippen molar-refractivity contribution in [2.75, 3.05) is 6.61 Å². The molecule has 3 aromatic rings. The molecule has 6 nitrogen and oxygen atoms in total. The number of aromatic carboxylic acids is 1. The van der Waals surface area contributed by atoms with E-state index in [1.54, 1.807) is 0 Å². The van der Waals surface area contributed by atoms with E-state index in [9.17, 15) is 9.90 Å². The van der Waals surface area contributed by atoms with Crippen LogP contribution in [0.4, 0.5) is 0 Å². The fourth-order valence-electron chi connectivity index (χ4n) is 2.96. The highest BCUT2D eigenvalue weighted by molar-refractivity contribution is 7.14. The Hall–Kier alpha value is -2.67. The normalized spacial score (nSPS) is 12.9. The Labute approximate surface area is 141 Å². The number of thiazole rings is 1. The Morgan fingerprint density at radius 1 is 1.33 bits per heavy atom. The standard InChI is InChI=1S/C17H14N2O4S/c1-8-14(9(2)23-19-8)10-3-4-11-12(7-10)22-6-5-13-15(11)18-16(24-13)17(20)21/h3-4,7H,5-6H2,1-2H3,(H,20,21). The molecule has 0 unspecified atom stereocenters. The van der Waals surface area contributed by atoms with Crippen LogP contribution < -0.4 is 4.74 Å². The highest BCUT2D eigenvalue weighted by Crippen LogP contribution is 2.40. The van der Waals surface area contributed by atoms with E-state index in [4.69, 9.17) is 9.26 Å². The van der Waals surface area contributed by atoms with Crippen LogP contribution in [0.3, 0.4) is 0 Å². The van der Waals surface area contributed by atoms with Crippen LogP contribution in [0.2, 0.25) is 0 Å². The van der Waals surface area contributed by atoms with E-state index in [1.165, 1.54) is 11.3 Å². The first-order valence-corrected chi connectivity index (χ1v) is 8.29. The Kier molecular flexibility index (Phi) is 3.38. The molecule has 7 heteroatoms. The first-order valence-electron chi connectivity index (χ1n) is 7.48. The molecule has 0 bridgehead atoms. The maximum absolute atomic E-state index is 11.2. The third-order valence-electron chi connectivity index (χ3n) is 4.03. The van der Waals surface area contributed by atoms with Crippen molar-refractivity contribution in [1.29, 1.82) is 0 Å². The number of hydrogen-bond donors (Lipinski definition) is 1. The second kappa shape index (κ2) is 5.45. The minimum Gasteiger partial charge on any atom is -0.492 e. The van der Waals surface area contributed by atoms with Gasteiger partial charge in [0, 0.05) is 22.4 Å². The number of carbonyl (C=O) groups is 1. The summed E-state index contributed by atoms with van der Waals surface area (Å²) in [6, 6.07) is 5.83. The van der Waals surface area contributed by atoms with Gasteiger partial charge in [0.1, 0.15) is 11.5 Å². The molecule has 0 amide bonds. The average molecular weight is 342 g/mol. The van der Waals surface area contributed by atoms with Gasteiger partial charge in [-0.25, -0.2) is 9.78 Å². The van der Waals surface area contributed by atoms with Gasteiger partial charge in [0.2, 0.25) is 5.01 Å². The van der Waals surface area contributed by atoms with Crippen LogP contribution in [0.15, 0.2) is 22.7 Å². The maximum atomic E-state index is 11.2. The molecule has 4 rings (SSSR count). The van der Waals surface area contributed by atoms with Gasteiger partial charge in [-0.05, 0) is 31.5 Å². The molecule has 0 fully saturated rings. The van der Waals surface area contributed by atoms with Gasteiger partial charge in [-0.3, -0.25) is 0 Å². The Morgan fingerprint density at radius 2 is 2.17 bits per heavy atom. The molecule has 1 aliphatic rings. The highest BCUT2D eigenvalue weighted by Gasteiger charge is 2.23. The van der Waals surface area contributed by atoms with E-state index in [-0.39, 0.29) is 5.01 Å². The maximum Gasteiger partial charge on any atom is 0.365 e. The number of rotatable bonds is 2. The van der Waals surface area contributed by atoms with Crippen molar-refractivity contribution in [3.05, 3.63) is 39.5 Å². The lowest BCUT2D eigenvalue weighted by molar-refractivity contribution is 0.0696.